The Morgan fingerprint density at radius 2 is 2.00 bits per heavy atom. The lowest BCUT2D eigenvalue weighted by molar-refractivity contribution is -0.134. The molecule has 0 radical (unpaired) electrons. The van der Waals surface area contributed by atoms with Gasteiger partial charge in [-0.25, -0.2) is 14.4 Å². The first-order chi connectivity index (χ1) is 12.0. The van der Waals surface area contributed by atoms with Gasteiger partial charge in [0.15, 0.2) is 0 Å². The quantitative estimate of drug-likeness (QED) is 0.930. The average Bonchev–Trinajstić information content (AvgIpc) is 2.58. The summed E-state index contributed by atoms with van der Waals surface area (Å²) in [6.07, 6.45) is 3.09. The maximum Gasteiger partial charge on any atom is 0.227 e. The second kappa shape index (κ2) is 7.17. The fraction of sp³-hybridized carbons (Fsp3) is 0.421. The molecule has 1 saturated heterocycles. The lowest BCUT2D eigenvalue weighted by atomic mass is 9.94. The van der Waals surface area contributed by atoms with Crippen molar-refractivity contribution in [2.45, 2.75) is 45.6 Å². The molecule has 1 aliphatic rings. The zero-order chi connectivity index (χ0) is 18.0. The van der Waals surface area contributed by atoms with Crippen molar-refractivity contribution >= 4 is 11.9 Å². The van der Waals surface area contributed by atoms with Crippen LogP contribution in [0.5, 0.6) is 0 Å². The van der Waals surface area contributed by atoms with Crippen molar-refractivity contribution in [2.24, 2.45) is 0 Å². The molecule has 2 heterocycles. The molecule has 0 saturated carbocycles. The number of carbonyl (C=O) groups excluding carboxylic acids is 1. The Bertz CT molecular complexity index is 770. The molecule has 5 nitrogen and oxygen atoms in total. The van der Waals surface area contributed by atoms with Gasteiger partial charge >= 0.3 is 0 Å². The summed E-state index contributed by atoms with van der Waals surface area (Å²) in [5, 5.41) is 0. The van der Waals surface area contributed by atoms with Crippen molar-refractivity contribution in [3.05, 3.63) is 52.6 Å². The number of nitrogen functional groups attached to an aromatic ring is 1. The summed E-state index contributed by atoms with van der Waals surface area (Å²) in [6, 6.07) is 6.47. The van der Waals surface area contributed by atoms with E-state index in [1.54, 1.807) is 6.07 Å². The smallest absolute Gasteiger partial charge is 0.227 e. The number of hydrogen-bond acceptors (Lipinski definition) is 4. The molecule has 0 aliphatic carbocycles. The van der Waals surface area contributed by atoms with Gasteiger partial charge in [-0.1, -0.05) is 12.1 Å². The van der Waals surface area contributed by atoms with Gasteiger partial charge in [-0.2, -0.15) is 0 Å². The summed E-state index contributed by atoms with van der Waals surface area (Å²) >= 11 is 0. The van der Waals surface area contributed by atoms with E-state index >= 15 is 0 Å². The standard InChI is InChI=1S/C19H23FN4O/c1-12-16(13(2)23-19(21)22-12)11-18(25)24-9-4-3-8-17(24)14-6-5-7-15(20)10-14/h5-7,10,17H,3-4,8-9,11H2,1-2H3,(H2,21,22,23)/t17-/m1/s1. The maximum atomic E-state index is 13.6. The van der Waals surface area contributed by atoms with Crippen LogP contribution in [0.4, 0.5) is 10.3 Å². The molecule has 1 atom stereocenters. The number of piperidine rings is 1. The molecule has 0 bridgehead atoms. The highest BCUT2D eigenvalue weighted by Crippen LogP contribution is 2.32. The number of amides is 1. The predicted octanol–water partition coefficient (Wildman–Crippen LogP) is 3.11. The number of carbonyl (C=O) groups is 1. The Morgan fingerprint density at radius 1 is 1.28 bits per heavy atom. The van der Waals surface area contributed by atoms with E-state index in [-0.39, 0.29) is 30.1 Å². The van der Waals surface area contributed by atoms with Gasteiger partial charge in [-0.05, 0) is 50.8 Å². The molecule has 0 spiro atoms. The number of likely N-dealkylation sites (tertiary alicyclic amines) is 1. The Kier molecular flexibility index (Phi) is 4.97. The van der Waals surface area contributed by atoms with Crippen molar-refractivity contribution in [2.75, 3.05) is 12.3 Å². The van der Waals surface area contributed by atoms with Crippen LogP contribution in [-0.2, 0) is 11.2 Å². The zero-order valence-electron chi connectivity index (χ0n) is 14.6. The number of hydrogen-bond donors (Lipinski definition) is 1. The highest BCUT2D eigenvalue weighted by atomic mass is 19.1. The molecule has 1 fully saturated rings. The molecule has 1 aromatic carbocycles. The second-order valence-electron chi connectivity index (χ2n) is 6.56. The normalized spacial score (nSPS) is 17.6. The first-order valence-corrected chi connectivity index (χ1v) is 8.60. The van der Waals surface area contributed by atoms with Crippen LogP contribution in [0.3, 0.4) is 0 Å². The van der Waals surface area contributed by atoms with Gasteiger partial charge in [-0.3, -0.25) is 4.79 Å². The van der Waals surface area contributed by atoms with Crippen molar-refractivity contribution in [1.29, 1.82) is 0 Å². The Hall–Kier alpha value is -2.50. The third-order valence-electron chi connectivity index (χ3n) is 4.82. The predicted molar refractivity (Wildman–Crippen MR) is 94.3 cm³/mol. The van der Waals surface area contributed by atoms with E-state index in [2.05, 4.69) is 9.97 Å². The fourth-order valence-electron chi connectivity index (χ4n) is 3.56. The van der Waals surface area contributed by atoms with Gasteiger partial charge in [0.2, 0.25) is 11.9 Å². The van der Waals surface area contributed by atoms with Crippen molar-refractivity contribution in [1.82, 2.24) is 14.9 Å². The Balaban J connectivity index is 1.84. The molecule has 3 rings (SSSR count). The molecule has 1 amide bonds. The summed E-state index contributed by atoms with van der Waals surface area (Å²) in [6.45, 7) is 4.37. The number of halogens is 1. The number of aryl methyl sites for hydroxylation is 2. The van der Waals surface area contributed by atoms with Crippen LogP contribution in [0.15, 0.2) is 24.3 Å². The molecule has 25 heavy (non-hydrogen) atoms. The van der Waals surface area contributed by atoms with Crippen LogP contribution in [0.1, 0.15) is 47.8 Å². The van der Waals surface area contributed by atoms with E-state index in [4.69, 9.17) is 5.73 Å². The molecular formula is C19H23FN4O. The number of rotatable bonds is 3. The third-order valence-corrected chi connectivity index (χ3v) is 4.82. The first-order valence-electron chi connectivity index (χ1n) is 8.60. The van der Waals surface area contributed by atoms with Crippen molar-refractivity contribution < 1.29 is 9.18 Å². The van der Waals surface area contributed by atoms with Crippen LogP contribution in [0.25, 0.3) is 0 Å². The van der Waals surface area contributed by atoms with Gasteiger partial charge in [0.05, 0.1) is 12.5 Å². The molecule has 132 valence electrons. The molecular weight excluding hydrogens is 319 g/mol. The maximum absolute atomic E-state index is 13.6. The average molecular weight is 342 g/mol. The van der Waals surface area contributed by atoms with Crippen LogP contribution in [-0.4, -0.2) is 27.3 Å². The minimum Gasteiger partial charge on any atom is -0.368 e. The van der Waals surface area contributed by atoms with Gasteiger partial charge in [-0.15, -0.1) is 0 Å². The van der Waals surface area contributed by atoms with Crippen LogP contribution in [0.2, 0.25) is 0 Å². The molecule has 2 aromatic rings. The highest BCUT2D eigenvalue weighted by molar-refractivity contribution is 5.80. The van der Waals surface area contributed by atoms with Gasteiger partial charge < -0.3 is 10.6 Å². The van der Waals surface area contributed by atoms with E-state index in [0.717, 1.165) is 41.8 Å². The number of nitrogens with two attached hydrogens (primary N) is 1. The van der Waals surface area contributed by atoms with E-state index in [1.807, 2.05) is 24.8 Å². The van der Waals surface area contributed by atoms with E-state index in [0.29, 0.717) is 6.54 Å². The fourth-order valence-corrected chi connectivity index (χ4v) is 3.56. The van der Waals surface area contributed by atoms with Crippen molar-refractivity contribution in [3.63, 3.8) is 0 Å². The summed E-state index contributed by atoms with van der Waals surface area (Å²) in [4.78, 5) is 23.2. The first kappa shape index (κ1) is 17.3. The summed E-state index contributed by atoms with van der Waals surface area (Å²) in [7, 11) is 0. The van der Waals surface area contributed by atoms with E-state index in [1.165, 1.54) is 12.1 Å². The molecule has 2 N–H and O–H groups in total. The van der Waals surface area contributed by atoms with Gasteiger partial charge in [0.25, 0.3) is 0 Å². The summed E-state index contributed by atoms with van der Waals surface area (Å²) < 4.78 is 13.6. The number of aromatic nitrogens is 2. The van der Waals surface area contributed by atoms with Crippen molar-refractivity contribution in [3.8, 4) is 0 Å². The summed E-state index contributed by atoms with van der Waals surface area (Å²) in [5.41, 5.74) is 8.81. The molecule has 1 aromatic heterocycles. The van der Waals surface area contributed by atoms with Crippen LogP contribution < -0.4 is 5.73 Å². The van der Waals surface area contributed by atoms with Crippen LogP contribution in [0, 0.1) is 19.7 Å². The minimum atomic E-state index is -0.269. The SMILES string of the molecule is Cc1nc(N)nc(C)c1CC(=O)N1CCCC[C@@H]1c1cccc(F)c1. The zero-order valence-corrected chi connectivity index (χ0v) is 14.6. The van der Waals surface area contributed by atoms with E-state index in [9.17, 15) is 9.18 Å². The van der Waals surface area contributed by atoms with E-state index < -0.39 is 0 Å². The lowest BCUT2D eigenvalue weighted by Crippen LogP contribution is -2.39. The molecule has 0 unspecified atom stereocenters. The minimum absolute atomic E-state index is 0.0218. The third kappa shape index (κ3) is 3.78. The number of nitrogens with zero attached hydrogens (tertiary/aromatic N) is 3. The molecule has 1 aliphatic heterocycles. The Labute approximate surface area is 147 Å². The lowest BCUT2D eigenvalue weighted by Gasteiger charge is -2.36. The monoisotopic (exact) mass is 342 g/mol. The summed E-state index contributed by atoms with van der Waals surface area (Å²) in [5.74, 6) is -0.0237. The largest absolute Gasteiger partial charge is 0.368 e. The van der Waals surface area contributed by atoms with Gasteiger partial charge in [0.1, 0.15) is 5.82 Å². The number of benzene rings is 1. The highest BCUT2D eigenvalue weighted by Gasteiger charge is 2.29. The Morgan fingerprint density at radius 3 is 2.68 bits per heavy atom. The topological polar surface area (TPSA) is 72.1 Å². The van der Waals surface area contributed by atoms with Gasteiger partial charge in [0, 0.05) is 23.5 Å². The van der Waals surface area contributed by atoms with Crippen LogP contribution >= 0.6 is 0 Å². The molecule has 6 heteroatoms. The second-order valence-corrected chi connectivity index (χ2v) is 6.56. The number of anilines is 1.